The molecule has 1 aliphatic heterocycles. The van der Waals surface area contributed by atoms with Crippen LogP contribution in [0, 0.1) is 6.92 Å². The van der Waals surface area contributed by atoms with Gasteiger partial charge in [-0.05, 0) is 25.1 Å². The van der Waals surface area contributed by atoms with Gasteiger partial charge in [-0.1, -0.05) is 24.3 Å². The molecule has 25 heavy (non-hydrogen) atoms. The Morgan fingerprint density at radius 1 is 1.24 bits per heavy atom. The van der Waals surface area contributed by atoms with E-state index in [1.165, 1.54) is 11.3 Å². The Morgan fingerprint density at radius 2 is 2.08 bits per heavy atom. The highest BCUT2D eigenvalue weighted by Gasteiger charge is 2.25. The van der Waals surface area contributed by atoms with Crippen molar-refractivity contribution in [1.29, 1.82) is 0 Å². The molecule has 1 atom stereocenters. The van der Waals surface area contributed by atoms with Crippen molar-refractivity contribution in [3.8, 4) is 16.5 Å². The summed E-state index contributed by atoms with van der Waals surface area (Å²) in [5, 5.41) is 3.89. The summed E-state index contributed by atoms with van der Waals surface area (Å²) in [5.41, 5.74) is 2.53. The summed E-state index contributed by atoms with van der Waals surface area (Å²) in [6.45, 7) is 2.46. The van der Waals surface area contributed by atoms with Gasteiger partial charge in [0.15, 0.2) is 0 Å². The Kier molecular flexibility index (Phi) is 4.19. The van der Waals surface area contributed by atoms with Gasteiger partial charge in [-0.15, -0.1) is 11.3 Å². The van der Waals surface area contributed by atoms with E-state index in [0.29, 0.717) is 11.5 Å². The summed E-state index contributed by atoms with van der Waals surface area (Å²) in [6, 6.07) is 13.5. The van der Waals surface area contributed by atoms with Crippen LogP contribution in [0.25, 0.3) is 10.7 Å². The molecule has 1 N–H and O–H groups in total. The molecule has 2 aromatic heterocycles. The van der Waals surface area contributed by atoms with Crippen LogP contribution in [0.5, 0.6) is 5.75 Å². The first-order valence-corrected chi connectivity index (χ1v) is 8.95. The molecular formula is C19H17N3O2S. The van der Waals surface area contributed by atoms with Gasteiger partial charge < -0.3 is 10.1 Å². The second-order valence-electron chi connectivity index (χ2n) is 5.85. The molecule has 0 bridgehead atoms. The first-order chi connectivity index (χ1) is 12.2. The topological polar surface area (TPSA) is 64.1 Å². The number of carbonyl (C=O) groups excluding carboxylic acids is 1. The van der Waals surface area contributed by atoms with Gasteiger partial charge in [0.25, 0.3) is 5.91 Å². The van der Waals surface area contributed by atoms with Crippen molar-refractivity contribution in [2.45, 2.75) is 19.4 Å². The quantitative estimate of drug-likeness (QED) is 0.780. The largest absolute Gasteiger partial charge is 0.493 e. The van der Waals surface area contributed by atoms with Gasteiger partial charge in [0.05, 0.1) is 24.0 Å². The van der Waals surface area contributed by atoms with E-state index in [1.807, 2.05) is 49.4 Å². The lowest BCUT2D eigenvalue weighted by Crippen LogP contribution is -2.32. The number of pyridine rings is 1. The molecule has 6 heteroatoms. The fourth-order valence-corrected chi connectivity index (χ4v) is 3.87. The summed E-state index contributed by atoms with van der Waals surface area (Å²) in [7, 11) is 0. The van der Waals surface area contributed by atoms with Crippen LogP contribution in [0.3, 0.4) is 0 Å². The molecule has 0 spiro atoms. The second-order valence-corrected chi connectivity index (χ2v) is 6.85. The van der Waals surface area contributed by atoms with E-state index >= 15 is 0 Å². The predicted molar refractivity (Wildman–Crippen MR) is 96.8 cm³/mol. The fourth-order valence-electron chi connectivity index (χ4n) is 2.92. The van der Waals surface area contributed by atoms with Gasteiger partial charge in [-0.25, -0.2) is 4.98 Å². The maximum absolute atomic E-state index is 12.8. The van der Waals surface area contributed by atoms with E-state index in [-0.39, 0.29) is 11.9 Å². The fraction of sp³-hybridized carbons (Fsp3) is 0.211. The van der Waals surface area contributed by atoms with Crippen molar-refractivity contribution in [3.63, 3.8) is 0 Å². The lowest BCUT2D eigenvalue weighted by Gasteiger charge is -2.26. The Balaban J connectivity index is 1.58. The highest BCUT2D eigenvalue weighted by molar-refractivity contribution is 7.17. The zero-order chi connectivity index (χ0) is 17.2. The summed E-state index contributed by atoms with van der Waals surface area (Å²) >= 11 is 1.37. The van der Waals surface area contributed by atoms with Crippen LogP contribution in [-0.2, 0) is 0 Å². The molecule has 126 valence electrons. The van der Waals surface area contributed by atoms with Crippen LogP contribution in [0.1, 0.15) is 33.4 Å². The van der Waals surface area contributed by atoms with E-state index < -0.39 is 0 Å². The molecule has 1 aromatic carbocycles. The first-order valence-electron chi connectivity index (χ1n) is 8.14. The van der Waals surface area contributed by atoms with Crippen LogP contribution in [0.15, 0.2) is 48.7 Å². The number of para-hydroxylation sites is 1. The van der Waals surface area contributed by atoms with Gasteiger partial charge in [-0.2, -0.15) is 0 Å². The Morgan fingerprint density at radius 3 is 2.92 bits per heavy atom. The summed E-state index contributed by atoms with van der Waals surface area (Å²) in [6.07, 6.45) is 2.48. The van der Waals surface area contributed by atoms with Crippen molar-refractivity contribution in [2.75, 3.05) is 6.61 Å². The monoisotopic (exact) mass is 351 g/mol. The van der Waals surface area contributed by atoms with Crippen LogP contribution in [0.4, 0.5) is 0 Å². The molecule has 1 aliphatic rings. The molecule has 0 unspecified atom stereocenters. The standard InChI is InChI=1S/C19H17N3O2S/c1-12-17(25-19(21-12)15-7-4-5-10-20-15)18(23)22-14-9-11-24-16-8-3-2-6-13(14)16/h2-8,10,14H,9,11H2,1H3,(H,22,23)/t14-/m1/s1. The van der Waals surface area contributed by atoms with Crippen LogP contribution in [0.2, 0.25) is 0 Å². The van der Waals surface area contributed by atoms with Crippen LogP contribution in [-0.4, -0.2) is 22.5 Å². The third-order valence-electron chi connectivity index (χ3n) is 4.15. The number of aryl methyl sites for hydroxylation is 1. The number of nitrogens with one attached hydrogen (secondary N) is 1. The number of aromatic nitrogens is 2. The van der Waals surface area contributed by atoms with Crippen molar-refractivity contribution < 1.29 is 9.53 Å². The molecule has 0 fully saturated rings. The number of thiazole rings is 1. The molecule has 0 aliphatic carbocycles. The lowest BCUT2D eigenvalue weighted by molar-refractivity contribution is 0.0928. The molecule has 1 amide bonds. The number of hydrogen-bond donors (Lipinski definition) is 1. The number of hydrogen-bond acceptors (Lipinski definition) is 5. The number of carbonyl (C=O) groups is 1. The van der Waals surface area contributed by atoms with Gasteiger partial charge in [0, 0.05) is 18.2 Å². The molecule has 3 heterocycles. The van der Waals surface area contributed by atoms with Crippen LogP contribution < -0.4 is 10.1 Å². The van der Waals surface area contributed by atoms with E-state index in [2.05, 4.69) is 15.3 Å². The molecule has 5 nitrogen and oxygen atoms in total. The van der Waals surface area contributed by atoms with E-state index in [9.17, 15) is 4.79 Å². The van der Waals surface area contributed by atoms with Crippen molar-refractivity contribution in [1.82, 2.24) is 15.3 Å². The zero-order valence-electron chi connectivity index (χ0n) is 13.7. The van der Waals surface area contributed by atoms with Crippen molar-refractivity contribution in [3.05, 3.63) is 64.8 Å². The molecular weight excluding hydrogens is 334 g/mol. The number of fused-ring (bicyclic) bond motifs is 1. The average Bonchev–Trinajstić information content (AvgIpc) is 3.05. The second kappa shape index (κ2) is 6.64. The summed E-state index contributed by atoms with van der Waals surface area (Å²) < 4.78 is 5.66. The summed E-state index contributed by atoms with van der Waals surface area (Å²) in [5.74, 6) is 0.744. The molecule has 0 saturated carbocycles. The minimum absolute atomic E-state index is 0.0442. The van der Waals surface area contributed by atoms with Gasteiger partial charge in [0.2, 0.25) is 0 Å². The minimum Gasteiger partial charge on any atom is -0.493 e. The van der Waals surface area contributed by atoms with E-state index in [1.54, 1.807) is 6.20 Å². The summed E-state index contributed by atoms with van der Waals surface area (Å²) in [4.78, 5) is 22.2. The lowest BCUT2D eigenvalue weighted by atomic mass is 10.0. The number of rotatable bonds is 3. The predicted octanol–water partition coefficient (Wildman–Crippen LogP) is 3.77. The first kappa shape index (κ1) is 15.8. The average molecular weight is 351 g/mol. The maximum Gasteiger partial charge on any atom is 0.263 e. The SMILES string of the molecule is Cc1nc(-c2ccccn2)sc1C(=O)N[C@@H]1CCOc2ccccc21. The number of benzene rings is 1. The number of amides is 1. The number of nitrogens with zero attached hydrogens (tertiary/aromatic N) is 2. The Hall–Kier alpha value is -2.73. The van der Waals surface area contributed by atoms with Gasteiger partial charge in [0.1, 0.15) is 15.6 Å². The maximum atomic E-state index is 12.8. The Bertz CT molecular complexity index is 908. The smallest absolute Gasteiger partial charge is 0.263 e. The molecule has 4 rings (SSSR count). The van der Waals surface area contributed by atoms with E-state index in [4.69, 9.17) is 4.74 Å². The third kappa shape index (κ3) is 3.13. The normalized spacial score (nSPS) is 16.0. The molecule has 0 saturated heterocycles. The van der Waals surface area contributed by atoms with Crippen LogP contribution >= 0.6 is 11.3 Å². The number of ether oxygens (including phenoxy) is 1. The highest BCUT2D eigenvalue weighted by atomic mass is 32.1. The Labute approximate surface area is 149 Å². The zero-order valence-corrected chi connectivity index (χ0v) is 14.5. The van der Waals surface area contributed by atoms with E-state index in [0.717, 1.165) is 34.1 Å². The van der Waals surface area contributed by atoms with Gasteiger partial charge in [-0.3, -0.25) is 9.78 Å². The van der Waals surface area contributed by atoms with Crippen molar-refractivity contribution >= 4 is 17.2 Å². The minimum atomic E-state index is -0.0983. The highest BCUT2D eigenvalue weighted by Crippen LogP contribution is 2.32. The third-order valence-corrected chi connectivity index (χ3v) is 5.33. The molecule has 0 radical (unpaired) electrons. The molecule has 3 aromatic rings. The van der Waals surface area contributed by atoms with Crippen molar-refractivity contribution in [2.24, 2.45) is 0 Å². The van der Waals surface area contributed by atoms with Gasteiger partial charge >= 0.3 is 0 Å².